The molecule has 6 N–H and O–H groups in total. The van der Waals surface area contributed by atoms with E-state index in [-0.39, 0.29) is 164 Å². The number of hydrogen-bond donors (Lipinski definition) is 5. The molecule has 3 aromatic rings. The summed E-state index contributed by atoms with van der Waals surface area (Å²) in [4.78, 5) is 157. The molecule has 0 spiro atoms. The molecule has 8 amide bonds. The predicted octanol–water partition coefficient (Wildman–Crippen LogP) is 9.11. The van der Waals surface area contributed by atoms with Crippen molar-refractivity contribution >= 4 is 70.5 Å². The number of ether oxygens (including phenoxy) is 6. The summed E-state index contributed by atoms with van der Waals surface area (Å²) in [5.41, 5.74) is 6.35. The average molecular weight is 1590 g/mol. The summed E-state index contributed by atoms with van der Waals surface area (Å²) in [5, 5.41) is 11.1. The van der Waals surface area contributed by atoms with Crippen molar-refractivity contribution in [2.45, 2.75) is 202 Å². The molecular weight excluding hydrogens is 1470 g/mol. The van der Waals surface area contributed by atoms with E-state index in [9.17, 15) is 70.3 Å². The van der Waals surface area contributed by atoms with E-state index >= 15 is 0 Å². The number of urea groups is 1. The molecule has 0 bridgehead atoms. The van der Waals surface area contributed by atoms with Gasteiger partial charge in [-0.3, -0.25) is 52.8 Å². The monoisotopic (exact) mass is 1590 g/mol. The third-order valence-corrected chi connectivity index (χ3v) is 21.8. The molecule has 113 heavy (non-hydrogen) atoms. The van der Waals surface area contributed by atoms with Crippen LogP contribution in [0.1, 0.15) is 157 Å². The number of anilines is 1. The van der Waals surface area contributed by atoms with Gasteiger partial charge in [-0.1, -0.05) is 111 Å². The first-order chi connectivity index (χ1) is 53.5. The highest BCUT2D eigenvalue weighted by Crippen LogP contribution is 2.35. The van der Waals surface area contributed by atoms with Crippen LogP contribution in [-0.2, 0) is 84.6 Å². The minimum atomic E-state index is -1.97. The molecule has 2 heterocycles. The summed E-state index contributed by atoms with van der Waals surface area (Å²) in [7, 11) is 8.54. The number of halogens is 4. The fourth-order valence-corrected chi connectivity index (χ4v) is 15.3. The third-order valence-electron chi connectivity index (χ3n) is 21.8. The molecular formula is C83H123F4N9O17. The molecule has 30 heteroatoms. The number of likely N-dealkylation sites (tertiary alicyclic amines) is 2. The molecule has 2 fully saturated rings. The number of amides is 8. The maximum atomic E-state index is 14.7. The first-order valence-corrected chi connectivity index (χ1v) is 39.5. The Morgan fingerprint density at radius 3 is 1.87 bits per heavy atom. The van der Waals surface area contributed by atoms with E-state index in [0.717, 1.165) is 12.5 Å². The molecule has 2 saturated heterocycles. The molecule has 2 aliphatic rings. The van der Waals surface area contributed by atoms with E-state index in [1.165, 1.54) is 12.0 Å². The normalized spacial score (nSPS) is 17.8. The number of nitrogens with one attached hydrogen (secondary N) is 4. The number of hydrogen-bond acceptors (Lipinski definition) is 18. The Bertz CT molecular complexity index is 3610. The number of nitrogens with two attached hydrogens (primary N) is 1. The summed E-state index contributed by atoms with van der Waals surface area (Å²) < 4.78 is 90.1. The Kier molecular flexibility index (Phi) is 39.6. The molecule has 0 aliphatic carbocycles. The molecule has 2 aliphatic heterocycles. The van der Waals surface area contributed by atoms with E-state index in [0.29, 0.717) is 37.1 Å². The summed E-state index contributed by atoms with van der Waals surface area (Å²) in [6, 6.07) is 12.5. The highest BCUT2D eigenvalue weighted by atomic mass is 19.2. The Morgan fingerprint density at radius 1 is 0.646 bits per heavy atom. The van der Waals surface area contributed by atoms with Crippen molar-refractivity contribution in [2.24, 2.45) is 59.0 Å². The standard InChI is InChI=1S/C83H123F4N9O17/c1-17-51(8)76(94(14)81(105)61(48(2)3)43-65(99)75(50(6)7)93(12)13)66(108-15)44-68(101)96-33-22-26-62(96)77(109-16)53(10)63(97)42-59(40-55-23-19-18-20-24-55)79(103)90-45-56-27-29-60(30-28-56)91-80(104)57(25-21-32-89-83(88)107)41-64(98)74(49(4)5)92-67(100)46-111-37-35-110-36-38-112-47-69(102)95-34-31-58(39-52(95)9)82(106)113-78-71(85)54(11)70(84)72(86)73(78)87/h18-20,23-24,27-30,48-53,57-59,61-62,66,74-77H,17,21-22,25-26,31-47H2,1-16H3,(H,90,103)(H,91,104)(H,92,100)(H3,88,89,107)/t51-,52?,53-,57+,58?,59+,61-,62-,66+,74-,75-,76-,77+/m0/s1. The lowest BCUT2D eigenvalue weighted by molar-refractivity contribution is -0.149. The summed E-state index contributed by atoms with van der Waals surface area (Å²) in [6.07, 6.45) is 0.944. The van der Waals surface area contributed by atoms with Gasteiger partial charge in [0.25, 0.3) is 0 Å². The summed E-state index contributed by atoms with van der Waals surface area (Å²) in [6.45, 7) is 19.7. The molecule has 2 unspecified atom stereocenters. The first-order valence-electron chi connectivity index (χ1n) is 39.5. The van der Waals surface area contributed by atoms with Crippen LogP contribution in [0.3, 0.4) is 0 Å². The Hall–Kier alpha value is -8.29. The number of ketones is 3. The van der Waals surface area contributed by atoms with Crippen LogP contribution in [0.4, 0.5) is 28.0 Å². The van der Waals surface area contributed by atoms with Crippen LogP contribution in [0, 0.1) is 83.5 Å². The number of nitrogens with zero attached hydrogens (tertiary/aromatic N) is 4. The van der Waals surface area contributed by atoms with Gasteiger partial charge in [-0.15, -0.1) is 0 Å². The van der Waals surface area contributed by atoms with Gasteiger partial charge in [0.2, 0.25) is 47.0 Å². The molecule has 5 rings (SSSR count). The second-order valence-electron chi connectivity index (χ2n) is 31.3. The van der Waals surface area contributed by atoms with Gasteiger partial charge in [0, 0.05) is 108 Å². The van der Waals surface area contributed by atoms with Gasteiger partial charge in [0.1, 0.15) is 19.0 Å². The van der Waals surface area contributed by atoms with Crippen LogP contribution in [0.15, 0.2) is 54.6 Å². The van der Waals surface area contributed by atoms with Crippen LogP contribution < -0.4 is 31.7 Å². The molecule has 0 aromatic heterocycles. The molecule has 0 radical (unpaired) electrons. The smallest absolute Gasteiger partial charge is 0.314 e. The molecule has 3 aromatic carbocycles. The number of piperidine rings is 1. The first kappa shape index (κ1) is 95.3. The number of methoxy groups -OCH3 is 2. The van der Waals surface area contributed by atoms with Crippen LogP contribution >= 0.6 is 0 Å². The number of primary amides is 1. The number of likely N-dealkylation sites (N-methyl/N-ethyl adjacent to an activating group) is 2. The van der Waals surface area contributed by atoms with Crippen molar-refractivity contribution in [2.75, 3.05) is 100.0 Å². The zero-order valence-corrected chi connectivity index (χ0v) is 68.8. The lowest BCUT2D eigenvalue weighted by atomic mass is 9.83. The summed E-state index contributed by atoms with van der Waals surface area (Å²) >= 11 is 0. The van der Waals surface area contributed by atoms with Gasteiger partial charge < -0.3 is 70.1 Å². The van der Waals surface area contributed by atoms with Crippen molar-refractivity contribution in [3.05, 3.63) is 94.6 Å². The van der Waals surface area contributed by atoms with Crippen LogP contribution in [0.5, 0.6) is 5.75 Å². The van der Waals surface area contributed by atoms with Crippen molar-refractivity contribution in [3.63, 3.8) is 0 Å². The van der Waals surface area contributed by atoms with Crippen molar-refractivity contribution in [3.8, 4) is 5.75 Å². The Labute approximate surface area is 663 Å². The predicted molar refractivity (Wildman–Crippen MR) is 416 cm³/mol. The molecule has 630 valence electrons. The van der Waals surface area contributed by atoms with E-state index in [1.54, 1.807) is 75.9 Å². The van der Waals surface area contributed by atoms with Crippen LogP contribution in [0.2, 0.25) is 0 Å². The fraction of sp³-hybridized carbons (Fsp3) is 0.651. The van der Waals surface area contributed by atoms with Crippen molar-refractivity contribution in [1.29, 1.82) is 0 Å². The lowest BCUT2D eigenvalue weighted by Crippen LogP contribution is -2.54. The minimum Gasteiger partial charge on any atom is -0.420 e. The number of carbonyl (C=O) groups is 11. The van der Waals surface area contributed by atoms with Gasteiger partial charge in [0.05, 0.1) is 75.1 Å². The average Bonchev–Trinajstić information content (AvgIpc) is 0.876. The molecule has 26 nitrogen and oxygen atoms in total. The maximum Gasteiger partial charge on any atom is 0.314 e. The van der Waals surface area contributed by atoms with Crippen LogP contribution in [0.25, 0.3) is 0 Å². The quantitative estimate of drug-likeness (QED) is 0.00878. The van der Waals surface area contributed by atoms with Gasteiger partial charge in [-0.05, 0) is 120 Å². The van der Waals surface area contributed by atoms with E-state index in [1.807, 2.05) is 90.9 Å². The SMILES string of the molecule is CC[C@H](C)[C@@H]([C@@H](CC(=O)N1CCC[C@H]1[C@H](OC)[C@@H](C)C(=O)C[C@@H](Cc1ccccc1)C(=O)NCc1ccc(NC(=O)[C@H](CCCNC(N)=O)CC(=O)[C@@H](NC(=O)COCCOCCOCC(=O)N2CCC(C(=O)Oc3c(F)c(C)c(F)c(F)c3F)CC2C)C(C)C)cc1)OC)N(C)C(=O)[C@@H](CC(=O)[C@H](C(C)C)N(C)C)C(C)C. The van der Waals surface area contributed by atoms with Crippen molar-refractivity contribution in [1.82, 2.24) is 35.6 Å². The zero-order valence-electron chi connectivity index (χ0n) is 68.8. The highest BCUT2D eigenvalue weighted by Gasteiger charge is 2.45. The van der Waals surface area contributed by atoms with Gasteiger partial charge in [-0.2, -0.15) is 4.39 Å². The highest BCUT2D eigenvalue weighted by molar-refractivity contribution is 5.98. The van der Waals surface area contributed by atoms with Crippen LogP contribution in [-0.4, -0.2) is 221 Å². The largest absolute Gasteiger partial charge is 0.420 e. The molecule has 13 atom stereocenters. The Balaban J connectivity index is 1.12. The minimum absolute atomic E-state index is 0.000967. The maximum absolute atomic E-state index is 14.7. The number of rotatable bonds is 48. The summed E-state index contributed by atoms with van der Waals surface area (Å²) in [5.74, 6) is -17.0. The molecule has 0 saturated carbocycles. The number of esters is 1. The lowest BCUT2D eigenvalue weighted by Gasteiger charge is -2.41. The zero-order chi connectivity index (χ0) is 84.1. The van der Waals surface area contributed by atoms with Gasteiger partial charge in [-0.25, -0.2) is 18.0 Å². The third kappa shape index (κ3) is 28.3. The van der Waals surface area contributed by atoms with Crippen molar-refractivity contribution < 1.29 is 98.7 Å². The number of benzene rings is 3. The Morgan fingerprint density at radius 2 is 1.28 bits per heavy atom. The number of Topliss-reactive ketones (excluding diaryl/α,β-unsaturated/α-hetero) is 3. The second kappa shape index (κ2) is 46.9. The second-order valence-corrected chi connectivity index (χ2v) is 31.3. The fourth-order valence-electron chi connectivity index (χ4n) is 15.3. The van der Waals surface area contributed by atoms with Gasteiger partial charge in [0.15, 0.2) is 29.0 Å². The van der Waals surface area contributed by atoms with E-state index in [2.05, 4.69) is 21.3 Å². The van der Waals surface area contributed by atoms with E-state index < -0.39 is 149 Å². The number of carbonyl (C=O) groups excluding carboxylic acids is 11. The van der Waals surface area contributed by atoms with E-state index in [4.69, 9.17) is 34.2 Å². The topological polar surface area (TPSA) is 330 Å². The van der Waals surface area contributed by atoms with Gasteiger partial charge >= 0.3 is 12.0 Å².